The molecule has 15 aromatic carbocycles. The van der Waals surface area contributed by atoms with Crippen LogP contribution in [0.4, 0.5) is 0 Å². The molecular formula is C66H38. The number of fused-ring (bicyclic) bond motifs is 12. The Hall–Kier alpha value is -8.58. The van der Waals surface area contributed by atoms with Crippen LogP contribution in [0.15, 0.2) is 231 Å². The van der Waals surface area contributed by atoms with E-state index in [9.17, 15) is 0 Å². The monoisotopic (exact) mass is 830 g/mol. The zero-order chi connectivity index (χ0) is 43.0. The molecule has 0 heteroatoms. The van der Waals surface area contributed by atoms with Gasteiger partial charge in [-0.05, 0) is 176 Å². The van der Waals surface area contributed by atoms with Gasteiger partial charge in [0, 0.05) is 0 Å². The van der Waals surface area contributed by atoms with Gasteiger partial charge in [0.1, 0.15) is 0 Å². The number of hydrogen-bond donors (Lipinski definition) is 0. The van der Waals surface area contributed by atoms with Gasteiger partial charge in [-0.25, -0.2) is 0 Å². The summed E-state index contributed by atoms with van der Waals surface area (Å²) in [5, 5.41) is 26.1. The highest BCUT2D eigenvalue weighted by molar-refractivity contribution is 6.45. The summed E-state index contributed by atoms with van der Waals surface area (Å²) in [6.07, 6.45) is 0. The van der Waals surface area contributed by atoms with Crippen LogP contribution in [0.5, 0.6) is 0 Å². The fourth-order valence-corrected chi connectivity index (χ4v) is 12.1. The van der Waals surface area contributed by atoms with Crippen molar-refractivity contribution in [1.82, 2.24) is 0 Å². The normalized spacial score (nSPS) is 12.2. The maximum Gasteiger partial charge on any atom is -0.000719 e. The summed E-state index contributed by atoms with van der Waals surface area (Å²) in [4.78, 5) is 0. The zero-order valence-electron chi connectivity index (χ0n) is 35.9. The molecule has 0 aliphatic rings. The highest BCUT2D eigenvalue weighted by atomic mass is 14.3. The second-order valence-corrected chi connectivity index (χ2v) is 18.2. The van der Waals surface area contributed by atoms with Crippen molar-refractivity contribution < 1.29 is 0 Å². The quantitative estimate of drug-likeness (QED) is 0.155. The molecule has 0 spiro atoms. The predicted octanol–water partition coefficient (Wildman–Crippen LogP) is 18.8. The summed E-state index contributed by atoms with van der Waals surface area (Å²) in [6, 6.07) is 86.5. The number of rotatable bonds is 4. The molecule has 0 radical (unpaired) electrons. The van der Waals surface area contributed by atoms with Crippen LogP contribution in [0, 0.1) is 0 Å². The average molecular weight is 831 g/mol. The van der Waals surface area contributed by atoms with Gasteiger partial charge in [-0.1, -0.05) is 206 Å². The average Bonchev–Trinajstić information content (AvgIpc) is 3.89. The summed E-state index contributed by atoms with van der Waals surface area (Å²) < 4.78 is 0. The van der Waals surface area contributed by atoms with Crippen LogP contribution in [0.2, 0.25) is 0 Å². The molecule has 0 heterocycles. The number of hydrogen-bond acceptors (Lipinski definition) is 0. The van der Waals surface area contributed by atoms with Crippen LogP contribution in [-0.4, -0.2) is 0 Å². The Morgan fingerprint density at radius 1 is 0.167 bits per heavy atom. The second-order valence-electron chi connectivity index (χ2n) is 18.2. The lowest BCUT2D eigenvalue weighted by Crippen LogP contribution is -1.91. The number of benzene rings is 13. The minimum atomic E-state index is 1.23. The van der Waals surface area contributed by atoms with E-state index < -0.39 is 0 Å². The second kappa shape index (κ2) is 13.5. The molecule has 0 saturated carbocycles. The Morgan fingerprint density at radius 3 is 1.36 bits per heavy atom. The van der Waals surface area contributed by atoms with E-state index in [4.69, 9.17) is 0 Å². The molecule has 0 saturated heterocycles. The lowest BCUT2D eigenvalue weighted by atomic mass is 9.84. The molecule has 15 rings (SSSR count). The molecule has 0 amide bonds. The van der Waals surface area contributed by atoms with Crippen molar-refractivity contribution in [2.45, 2.75) is 0 Å². The Morgan fingerprint density at radius 2 is 0.652 bits per heavy atom. The molecule has 66 heavy (non-hydrogen) atoms. The van der Waals surface area contributed by atoms with Crippen LogP contribution in [0.25, 0.3) is 152 Å². The Kier molecular flexibility index (Phi) is 7.31. The molecule has 0 fully saturated rings. The maximum atomic E-state index is 2.53. The van der Waals surface area contributed by atoms with Crippen LogP contribution in [0.1, 0.15) is 0 Å². The fraction of sp³-hybridized carbons (Fsp3) is 0. The molecular weight excluding hydrogens is 793 g/mol. The third kappa shape index (κ3) is 4.88. The molecule has 0 nitrogen and oxygen atoms in total. The van der Waals surface area contributed by atoms with Crippen LogP contribution in [0.3, 0.4) is 0 Å². The maximum absolute atomic E-state index is 2.53. The van der Waals surface area contributed by atoms with Gasteiger partial charge in [0.15, 0.2) is 0 Å². The molecule has 302 valence electrons. The molecule has 0 N–H and O–H groups in total. The highest BCUT2D eigenvalue weighted by Gasteiger charge is 2.27. The summed E-state index contributed by atoms with van der Waals surface area (Å²) in [5.74, 6) is 0. The highest BCUT2D eigenvalue weighted by Crippen LogP contribution is 2.55. The van der Waals surface area contributed by atoms with Gasteiger partial charge in [0.25, 0.3) is 0 Å². The van der Waals surface area contributed by atoms with Gasteiger partial charge in [-0.3, -0.25) is 0 Å². The molecule has 0 aliphatic heterocycles. The molecule has 0 aromatic heterocycles. The summed E-state index contributed by atoms with van der Waals surface area (Å²) in [6.45, 7) is 0. The lowest BCUT2D eigenvalue weighted by molar-refractivity contribution is 1.68. The van der Waals surface area contributed by atoms with E-state index in [0.717, 1.165) is 0 Å². The Balaban J connectivity index is 1.01. The molecule has 0 atom stereocenters. The topological polar surface area (TPSA) is 0 Å². The van der Waals surface area contributed by atoms with Gasteiger partial charge < -0.3 is 0 Å². The van der Waals surface area contributed by atoms with Crippen molar-refractivity contribution in [3.05, 3.63) is 231 Å². The van der Waals surface area contributed by atoms with Crippen LogP contribution >= 0.6 is 0 Å². The van der Waals surface area contributed by atoms with E-state index >= 15 is 0 Å². The van der Waals surface area contributed by atoms with E-state index in [0.29, 0.717) is 0 Å². The zero-order valence-corrected chi connectivity index (χ0v) is 35.9. The van der Waals surface area contributed by atoms with E-state index in [1.165, 1.54) is 152 Å². The summed E-state index contributed by atoms with van der Waals surface area (Å²) in [7, 11) is 0. The molecule has 0 bridgehead atoms. The largest absolute Gasteiger partial charge is 0.0622 e. The van der Waals surface area contributed by atoms with E-state index in [2.05, 4.69) is 231 Å². The lowest BCUT2D eigenvalue weighted by Gasteiger charge is -2.19. The standard InChI is InChI=1S/C66H38/c1-3-15-39(16-4-1)60-59-38-58-51-24-12-10-22-49(51)53-26-14-27-54(63(53)58)64(59)61(40-17-5-2-6-18-40)66-55-28-13-25-52-47(33-34-56(62(52)55)65(60)66)44-31-29-42-36-45(32-30-41(42)35-44)57-37-43-19-7-8-20-46(43)48-21-9-11-23-50(48)57/h1-38H. The van der Waals surface area contributed by atoms with Crippen molar-refractivity contribution in [3.63, 3.8) is 0 Å². The van der Waals surface area contributed by atoms with E-state index in [1.54, 1.807) is 0 Å². The third-order valence-corrected chi connectivity index (χ3v) is 14.9. The first-order valence-corrected chi connectivity index (χ1v) is 23.1. The van der Waals surface area contributed by atoms with E-state index in [-0.39, 0.29) is 0 Å². The van der Waals surface area contributed by atoms with Crippen molar-refractivity contribution >= 4 is 108 Å². The smallest absolute Gasteiger partial charge is 0.000719 e. The Labute approximate surface area is 380 Å². The van der Waals surface area contributed by atoms with Crippen molar-refractivity contribution in [2.75, 3.05) is 0 Å². The summed E-state index contributed by atoms with van der Waals surface area (Å²) >= 11 is 0. The van der Waals surface area contributed by atoms with Crippen molar-refractivity contribution in [1.29, 1.82) is 0 Å². The fourth-order valence-electron chi connectivity index (χ4n) is 12.1. The summed E-state index contributed by atoms with van der Waals surface area (Å²) in [5.41, 5.74) is 10.1. The first-order valence-electron chi connectivity index (χ1n) is 23.1. The Bertz CT molecular complexity index is 4480. The molecule has 0 unspecified atom stereocenters. The third-order valence-electron chi connectivity index (χ3n) is 14.9. The predicted molar refractivity (Wildman–Crippen MR) is 286 cm³/mol. The first kappa shape index (κ1) is 35.8. The van der Waals surface area contributed by atoms with Gasteiger partial charge in [0.2, 0.25) is 0 Å². The van der Waals surface area contributed by atoms with Crippen molar-refractivity contribution in [2.24, 2.45) is 0 Å². The van der Waals surface area contributed by atoms with Gasteiger partial charge in [-0.15, -0.1) is 0 Å². The van der Waals surface area contributed by atoms with Gasteiger partial charge >= 0.3 is 0 Å². The van der Waals surface area contributed by atoms with E-state index in [1.807, 2.05) is 0 Å². The SMILES string of the molecule is c1ccc(-c2c3cc4c5ccccc5c5cccc(c3c(-c3ccccc3)c3c6cccc7c(-c8ccc9cc(-c%10cc%11ccccc%11c%11ccccc%10%11)ccc9c8)ccc(c23)c76)c54)cc1. The minimum Gasteiger partial charge on any atom is -0.0622 e. The minimum absolute atomic E-state index is 1.23. The van der Waals surface area contributed by atoms with Crippen molar-refractivity contribution in [3.8, 4) is 44.5 Å². The van der Waals surface area contributed by atoms with Crippen LogP contribution in [-0.2, 0) is 0 Å². The van der Waals surface area contributed by atoms with Gasteiger partial charge in [-0.2, -0.15) is 0 Å². The van der Waals surface area contributed by atoms with Crippen LogP contribution < -0.4 is 0 Å². The molecule has 15 aromatic rings. The van der Waals surface area contributed by atoms with Gasteiger partial charge in [0.05, 0.1) is 0 Å². The first-order chi connectivity index (χ1) is 32.8. The molecule has 0 aliphatic carbocycles.